The fourth-order valence-corrected chi connectivity index (χ4v) is 2.67. The number of anilines is 1. The lowest BCUT2D eigenvalue weighted by Gasteiger charge is -2.36. The molecule has 1 fully saturated rings. The van der Waals surface area contributed by atoms with Crippen LogP contribution in [-0.4, -0.2) is 48.6 Å². The summed E-state index contributed by atoms with van der Waals surface area (Å²) < 4.78 is 0. The average Bonchev–Trinajstić information content (AvgIpc) is 2.47. The average molecular weight is 276 g/mol. The van der Waals surface area contributed by atoms with Gasteiger partial charge in [0, 0.05) is 50.5 Å². The van der Waals surface area contributed by atoms with Crippen molar-refractivity contribution >= 4 is 5.82 Å². The molecule has 2 heterocycles. The normalized spacial score (nSPS) is 16.9. The van der Waals surface area contributed by atoms with Crippen molar-refractivity contribution in [2.45, 2.75) is 39.8 Å². The molecule has 1 N–H and O–H groups in total. The van der Waals surface area contributed by atoms with Crippen molar-refractivity contribution in [2.24, 2.45) is 0 Å². The van der Waals surface area contributed by atoms with Crippen LogP contribution >= 0.6 is 0 Å². The summed E-state index contributed by atoms with van der Waals surface area (Å²) >= 11 is 0. The van der Waals surface area contributed by atoms with Crippen molar-refractivity contribution in [1.29, 1.82) is 0 Å². The maximum atomic E-state index is 4.62. The quantitative estimate of drug-likeness (QED) is 0.862. The Morgan fingerprint density at radius 2 is 2.00 bits per heavy atom. The van der Waals surface area contributed by atoms with Crippen molar-refractivity contribution in [3.05, 3.63) is 23.9 Å². The van der Waals surface area contributed by atoms with Gasteiger partial charge in [0.1, 0.15) is 5.82 Å². The van der Waals surface area contributed by atoms with Crippen molar-refractivity contribution in [2.75, 3.05) is 37.6 Å². The Balaban J connectivity index is 1.98. The van der Waals surface area contributed by atoms with Gasteiger partial charge < -0.3 is 10.2 Å². The van der Waals surface area contributed by atoms with Gasteiger partial charge in [-0.25, -0.2) is 4.98 Å². The van der Waals surface area contributed by atoms with Gasteiger partial charge in [-0.3, -0.25) is 4.90 Å². The third kappa shape index (κ3) is 4.18. The van der Waals surface area contributed by atoms with Gasteiger partial charge in [-0.2, -0.15) is 0 Å². The second-order valence-corrected chi connectivity index (χ2v) is 5.85. The lowest BCUT2D eigenvalue weighted by molar-refractivity contribution is 0.258. The molecule has 112 valence electrons. The molecule has 1 saturated heterocycles. The van der Waals surface area contributed by atoms with E-state index in [1.807, 2.05) is 12.3 Å². The standard InChI is InChI=1S/C16H28N4/c1-4-8-19-9-11-20(12-10-19)16-15(6-5-7-17-16)13-18-14(2)3/h5-7,14,18H,4,8-13H2,1-3H3. The number of pyridine rings is 1. The summed E-state index contributed by atoms with van der Waals surface area (Å²) in [4.78, 5) is 9.60. The predicted octanol–water partition coefficient (Wildman–Crippen LogP) is 2.11. The molecule has 0 atom stereocenters. The molecule has 4 nitrogen and oxygen atoms in total. The number of nitrogens with one attached hydrogen (secondary N) is 1. The molecular formula is C16H28N4. The maximum absolute atomic E-state index is 4.62. The van der Waals surface area contributed by atoms with Crippen LogP contribution in [0.1, 0.15) is 32.8 Å². The first-order valence-corrected chi connectivity index (χ1v) is 7.85. The molecule has 4 heteroatoms. The Kier molecular flexibility index (Phi) is 5.80. The van der Waals surface area contributed by atoms with Gasteiger partial charge in [0.15, 0.2) is 0 Å². The highest BCUT2D eigenvalue weighted by Gasteiger charge is 2.19. The largest absolute Gasteiger partial charge is 0.354 e. The maximum Gasteiger partial charge on any atom is 0.133 e. The minimum atomic E-state index is 0.504. The Morgan fingerprint density at radius 3 is 2.65 bits per heavy atom. The number of piperazine rings is 1. The van der Waals surface area contributed by atoms with Gasteiger partial charge in [-0.15, -0.1) is 0 Å². The summed E-state index contributed by atoms with van der Waals surface area (Å²) in [5.41, 5.74) is 1.31. The van der Waals surface area contributed by atoms with Gasteiger partial charge >= 0.3 is 0 Å². The highest BCUT2D eigenvalue weighted by atomic mass is 15.3. The highest BCUT2D eigenvalue weighted by Crippen LogP contribution is 2.19. The molecule has 2 rings (SSSR count). The van der Waals surface area contributed by atoms with Crippen LogP contribution in [0.5, 0.6) is 0 Å². The molecule has 0 unspecified atom stereocenters. The van der Waals surface area contributed by atoms with Crippen LogP contribution < -0.4 is 10.2 Å². The summed E-state index contributed by atoms with van der Waals surface area (Å²) in [6.45, 7) is 13.2. The molecule has 20 heavy (non-hydrogen) atoms. The second kappa shape index (κ2) is 7.60. The van der Waals surface area contributed by atoms with E-state index in [2.05, 4.69) is 46.9 Å². The Labute approximate surface area is 123 Å². The first-order valence-electron chi connectivity index (χ1n) is 7.85. The lowest BCUT2D eigenvalue weighted by Crippen LogP contribution is -2.47. The van der Waals surface area contributed by atoms with Crippen LogP contribution in [0.15, 0.2) is 18.3 Å². The summed E-state index contributed by atoms with van der Waals surface area (Å²) in [5, 5.41) is 3.49. The third-order valence-electron chi connectivity index (χ3n) is 3.78. The second-order valence-electron chi connectivity index (χ2n) is 5.85. The highest BCUT2D eigenvalue weighted by molar-refractivity contribution is 5.47. The smallest absolute Gasteiger partial charge is 0.133 e. The Bertz CT molecular complexity index is 397. The lowest BCUT2D eigenvalue weighted by atomic mass is 10.2. The van der Waals surface area contributed by atoms with Crippen molar-refractivity contribution in [1.82, 2.24) is 15.2 Å². The molecule has 1 aliphatic rings. The monoisotopic (exact) mass is 276 g/mol. The van der Waals surface area contributed by atoms with E-state index in [9.17, 15) is 0 Å². The topological polar surface area (TPSA) is 31.4 Å². The van der Waals surface area contributed by atoms with Crippen LogP contribution in [0.25, 0.3) is 0 Å². The number of aromatic nitrogens is 1. The van der Waals surface area contributed by atoms with Gasteiger partial charge in [0.05, 0.1) is 0 Å². The van der Waals surface area contributed by atoms with E-state index in [4.69, 9.17) is 0 Å². The van der Waals surface area contributed by atoms with Crippen LogP contribution in [0.2, 0.25) is 0 Å². The Hall–Kier alpha value is -1.13. The molecule has 0 aliphatic carbocycles. The molecule has 0 bridgehead atoms. The van der Waals surface area contributed by atoms with E-state index < -0.39 is 0 Å². The molecular weight excluding hydrogens is 248 g/mol. The number of hydrogen-bond donors (Lipinski definition) is 1. The zero-order chi connectivity index (χ0) is 14.4. The minimum Gasteiger partial charge on any atom is -0.354 e. The van der Waals surface area contributed by atoms with E-state index in [-0.39, 0.29) is 0 Å². The Morgan fingerprint density at radius 1 is 1.25 bits per heavy atom. The first-order chi connectivity index (χ1) is 9.70. The number of rotatable bonds is 6. The van der Waals surface area contributed by atoms with Gasteiger partial charge in [0.25, 0.3) is 0 Å². The van der Waals surface area contributed by atoms with E-state index in [1.165, 1.54) is 18.5 Å². The SMILES string of the molecule is CCCN1CCN(c2ncccc2CNC(C)C)CC1. The molecule has 1 aliphatic heterocycles. The van der Waals surface area contributed by atoms with E-state index in [0.717, 1.165) is 38.5 Å². The fourth-order valence-electron chi connectivity index (χ4n) is 2.67. The van der Waals surface area contributed by atoms with E-state index in [0.29, 0.717) is 6.04 Å². The molecule has 1 aromatic heterocycles. The van der Waals surface area contributed by atoms with Crippen LogP contribution in [0.4, 0.5) is 5.82 Å². The van der Waals surface area contributed by atoms with Gasteiger partial charge in [-0.1, -0.05) is 26.8 Å². The summed E-state index contributed by atoms with van der Waals surface area (Å²) in [6, 6.07) is 4.73. The molecule has 0 aromatic carbocycles. The zero-order valence-electron chi connectivity index (χ0n) is 13.1. The van der Waals surface area contributed by atoms with Crippen molar-refractivity contribution < 1.29 is 0 Å². The van der Waals surface area contributed by atoms with Crippen molar-refractivity contribution in [3.8, 4) is 0 Å². The van der Waals surface area contributed by atoms with E-state index in [1.54, 1.807) is 0 Å². The van der Waals surface area contributed by atoms with Crippen LogP contribution in [-0.2, 0) is 6.54 Å². The predicted molar refractivity (Wildman–Crippen MR) is 85.2 cm³/mol. The molecule has 0 spiro atoms. The van der Waals surface area contributed by atoms with Crippen LogP contribution in [0.3, 0.4) is 0 Å². The summed E-state index contributed by atoms with van der Waals surface area (Å²) in [6.07, 6.45) is 3.15. The molecule has 0 amide bonds. The fraction of sp³-hybridized carbons (Fsp3) is 0.688. The first kappa shape index (κ1) is 15.3. The van der Waals surface area contributed by atoms with Gasteiger partial charge in [-0.05, 0) is 19.0 Å². The van der Waals surface area contributed by atoms with Crippen LogP contribution in [0, 0.1) is 0 Å². The zero-order valence-corrected chi connectivity index (χ0v) is 13.1. The molecule has 0 saturated carbocycles. The third-order valence-corrected chi connectivity index (χ3v) is 3.78. The summed E-state index contributed by atoms with van der Waals surface area (Å²) in [7, 11) is 0. The van der Waals surface area contributed by atoms with E-state index >= 15 is 0 Å². The molecule has 1 aromatic rings. The van der Waals surface area contributed by atoms with Gasteiger partial charge in [0.2, 0.25) is 0 Å². The number of hydrogen-bond acceptors (Lipinski definition) is 4. The summed E-state index contributed by atoms with van der Waals surface area (Å²) in [5.74, 6) is 1.16. The minimum absolute atomic E-state index is 0.504. The number of nitrogens with zero attached hydrogens (tertiary/aromatic N) is 3. The van der Waals surface area contributed by atoms with Crippen molar-refractivity contribution in [3.63, 3.8) is 0 Å². The molecule has 0 radical (unpaired) electrons.